The lowest BCUT2D eigenvalue weighted by Gasteiger charge is -2.20. The Morgan fingerprint density at radius 1 is 0.968 bits per heavy atom. The second-order valence-corrected chi connectivity index (χ2v) is 10.4. The molecule has 1 heterocycles. The summed E-state index contributed by atoms with van der Waals surface area (Å²) >= 11 is 1.41. The molecular formula is C24H22N2O3S2. The molecule has 1 amide bonds. The van der Waals surface area contributed by atoms with E-state index in [1.165, 1.54) is 28.4 Å². The molecule has 0 spiro atoms. The van der Waals surface area contributed by atoms with Gasteiger partial charge in [0.2, 0.25) is 5.91 Å². The van der Waals surface area contributed by atoms with Gasteiger partial charge in [0, 0.05) is 0 Å². The van der Waals surface area contributed by atoms with Gasteiger partial charge in [0.05, 0.1) is 21.7 Å². The highest BCUT2D eigenvalue weighted by molar-refractivity contribution is 7.92. The third kappa shape index (κ3) is 4.68. The standard InChI is InChI=1S/C24H22N2O3S2/c1-17-13-18(2)23-21(14-17)25-24(30-23)26(15-19-9-5-3-6-10-19)22(27)16-31(28,29)20-11-7-4-8-12-20/h3-14H,15-16H2,1-2H3. The number of hydrogen-bond donors (Lipinski definition) is 0. The van der Waals surface area contributed by atoms with Crippen molar-refractivity contribution < 1.29 is 13.2 Å². The molecule has 4 rings (SSSR count). The van der Waals surface area contributed by atoms with Crippen LogP contribution in [0.1, 0.15) is 16.7 Å². The first-order valence-corrected chi connectivity index (χ1v) is 12.3. The van der Waals surface area contributed by atoms with Crippen LogP contribution in [-0.4, -0.2) is 25.1 Å². The maximum absolute atomic E-state index is 13.3. The van der Waals surface area contributed by atoms with Crippen molar-refractivity contribution in [3.8, 4) is 0 Å². The fraction of sp³-hybridized carbons (Fsp3) is 0.167. The maximum atomic E-state index is 13.3. The molecule has 158 valence electrons. The van der Waals surface area contributed by atoms with Crippen LogP contribution in [0.2, 0.25) is 0 Å². The van der Waals surface area contributed by atoms with Crippen LogP contribution in [0.5, 0.6) is 0 Å². The number of thiazole rings is 1. The molecule has 0 aliphatic carbocycles. The van der Waals surface area contributed by atoms with Gasteiger partial charge in [-0.05, 0) is 48.7 Å². The third-order valence-corrected chi connectivity index (χ3v) is 7.79. The lowest BCUT2D eigenvalue weighted by Crippen LogP contribution is -2.35. The number of carbonyl (C=O) groups excluding carboxylic acids is 1. The molecule has 0 atom stereocenters. The molecule has 0 fully saturated rings. The number of carbonyl (C=O) groups is 1. The van der Waals surface area contributed by atoms with Crippen LogP contribution in [0.15, 0.2) is 77.7 Å². The smallest absolute Gasteiger partial charge is 0.244 e. The van der Waals surface area contributed by atoms with Crippen LogP contribution in [0, 0.1) is 13.8 Å². The highest BCUT2D eigenvalue weighted by Gasteiger charge is 2.27. The molecule has 0 saturated carbocycles. The Balaban J connectivity index is 1.72. The Kier molecular flexibility index (Phi) is 5.89. The van der Waals surface area contributed by atoms with Gasteiger partial charge in [-0.3, -0.25) is 9.69 Å². The van der Waals surface area contributed by atoms with Crippen molar-refractivity contribution in [2.75, 3.05) is 10.7 Å². The van der Waals surface area contributed by atoms with Gasteiger partial charge < -0.3 is 0 Å². The third-order valence-electron chi connectivity index (χ3n) is 4.94. The van der Waals surface area contributed by atoms with Crippen LogP contribution in [0.4, 0.5) is 5.13 Å². The Morgan fingerprint density at radius 2 is 1.61 bits per heavy atom. The van der Waals surface area contributed by atoms with Gasteiger partial charge in [0.25, 0.3) is 0 Å². The predicted octanol–water partition coefficient (Wildman–Crippen LogP) is 4.92. The first-order valence-electron chi connectivity index (χ1n) is 9.83. The molecule has 5 nitrogen and oxygen atoms in total. The maximum Gasteiger partial charge on any atom is 0.244 e. The van der Waals surface area contributed by atoms with Crippen molar-refractivity contribution in [2.45, 2.75) is 25.3 Å². The number of aromatic nitrogens is 1. The monoisotopic (exact) mass is 450 g/mol. The first kappa shape index (κ1) is 21.2. The molecule has 31 heavy (non-hydrogen) atoms. The van der Waals surface area contributed by atoms with E-state index in [0.29, 0.717) is 5.13 Å². The predicted molar refractivity (Wildman–Crippen MR) is 125 cm³/mol. The van der Waals surface area contributed by atoms with Crippen molar-refractivity contribution in [3.05, 3.63) is 89.5 Å². The Labute approximate surface area is 185 Å². The van der Waals surface area contributed by atoms with E-state index in [-0.39, 0.29) is 11.4 Å². The zero-order valence-corrected chi connectivity index (χ0v) is 18.9. The van der Waals surface area contributed by atoms with E-state index in [0.717, 1.165) is 26.9 Å². The van der Waals surface area contributed by atoms with E-state index < -0.39 is 21.5 Å². The molecule has 0 unspecified atom stereocenters. The lowest BCUT2D eigenvalue weighted by atomic mass is 10.1. The minimum absolute atomic E-state index is 0.138. The van der Waals surface area contributed by atoms with Gasteiger partial charge >= 0.3 is 0 Å². The second-order valence-electron chi connectivity index (χ2n) is 7.46. The lowest BCUT2D eigenvalue weighted by molar-refractivity contribution is -0.116. The summed E-state index contributed by atoms with van der Waals surface area (Å²) in [4.78, 5) is 19.6. The van der Waals surface area contributed by atoms with Crippen molar-refractivity contribution in [2.24, 2.45) is 0 Å². The van der Waals surface area contributed by atoms with Gasteiger partial charge in [0.15, 0.2) is 15.0 Å². The summed E-state index contributed by atoms with van der Waals surface area (Å²) in [6, 6.07) is 21.6. The second kappa shape index (κ2) is 8.61. The van der Waals surface area contributed by atoms with Crippen LogP contribution in [0.3, 0.4) is 0 Å². The molecular weight excluding hydrogens is 428 g/mol. The molecule has 0 N–H and O–H groups in total. The zero-order chi connectivity index (χ0) is 22.0. The number of amides is 1. The summed E-state index contributed by atoms with van der Waals surface area (Å²) in [7, 11) is -3.76. The van der Waals surface area contributed by atoms with Crippen molar-refractivity contribution in [1.82, 2.24) is 4.98 Å². The molecule has 0 aliphatic heterocycles. The Bertz CT molecular complexity index is 1330. The molecule has 7 heteroatoms. The van der Waals surface area contributed by atoms with Crippen LogP contribution in [0.25, 0.3) is 10.2 Å². The molecule has 4 aromatic rings. The molecule has 0 bridgehead atoms. The number of anilines is 1. The molecule has 0 radical (unpaired) electrons. The van der Waals surface area contributed by atoms with Crippen molar-refractivity contribution in [1.29, 1.82) is 0 Å². The zero-order valence-electron chi connectivity index (χ0n) is 17.3. The van der Waals surface area contributed by atoms with Crippen molar-refractivity contribution in [3.63, 3.8) is 0 Å². The van der Waals surface area contributed by atoms with Crippen LogP contribution >= 0.6 is 11.3 Å². The van der Waals surface area contributed by atoms with Crippen LogP contribution < -0.4 is 4.90 Å². The fourth-order valence-electron chi connectivity index (χ4n) is 3.46. The molecule has 0 aliphatic rings. The summed E-state index contributed by atoms with van der Waals surface area (Å²) in [6.07, 6.45) is 0. The number of rotatable bonds is 6. The average molecular weight is 451 g/mol. The summed E-state index contributed by atoms with van der Waals surface area (Å²) < 4.78 is 26.7. The van der Waals surface area contributed by atoms with E-state index in [2.05, 4.69) is 11.1 Å². The quantitative estimate of drug-likeness (QED) is 0.418. The SMILES string of the molecule is Cc1cc(C)c2sc(N(Cc3ccccc3)C(=O)CS(=O)(=O)c3ccccc3)nc2c1. The minimum atomic E-state index is -3.76. The van der Waals surface area contributed by atoms with E-state index in [9.17, 15) is 13.2 Å². The number of benzene rings is 3. The molecule has 0 saturated heterocycles. The average Bonchev–Trinajstić information content (AvgIpc) is 3.17. The number of aryl methyl sites for hydroxylation is 2. The van der Waals surface area contributed by atoms with Crippen LogP contribution in [-0.2, 0) is 21.2 Å². The Morgan fingerprint density at radius 3 is 2.29 bits per heavy atom. The van der Waals surface area contributed by atoms with Gasteiger partial charge in [-0.2, -0.15) is 0 Å². The van der Waals surface area contributed by atoms with E-state index >= 15 is 0 Å². The van der Waals surface area contributed by atoms with E-state index in [4.69, 9.17) is 0 Å². The highest BCUT2D eigenvalue weighted by atomic mass is 32.2. The summed E-state index contributed by atoms with van der Waals surface area (Å²) in [5.74, 6) is -1.11. The highest BCUT2D eigenvalue weighted by Crippen LogP contribution is 2.33. The summed E-state index contributed by atoms with van der Waals surface area (Å²) in [5.41, 5.74) is 3.90. The number of hydrogen-bond acceptors (Lipinski definition) is 5. The Hall–Kier alpha value is -3.03. The van der Waals surface area contributed by atoms with Gasteiger partial charge in [-0.25, -0.2) is 13.4 Å². The first-order chi connectivity index (χ1) is 14.8. The van der Waals surface area contributed by atoms with E-state index in [1.54, 1.807) is 18.2 Å². The minimum Gasteiger partial charge on any atom is -0.283 e. The number of nitrogens with zero attached hydrogens (tertiary/aromatic N) is 2. The van der Waals surface area contributed by atoms with Gasteiger partial charge in [-0.1, -0.05) is 65.9 Å². The van der Waals surface area contributed by atoms with Gasteiger partial charge in [-0.15, -0.1) is 0 Å². The number of sulfone groups is 1. The topological polar surface area (TPSA) is 67.3 Å². The van der Waals surface area contributed by atoms with E-state index in [1.807, 2.05) is 50.2 Å². The molecule has 3 aromatic carbocycles. The summed E-state index contributed by atoms with van der Waals surface area (Å²) in [6.45, 7) is 4.27. The van der Waals surface area contributed by atoms with Crippen molar-refractivity contribution >= 4 is 42.4 Å². The fourth-order valence-corrected chi connectivity index (χ4v) is 5.71. The molecule has 1 aromatic heterocycles. The largest absolute Gasteiger partial charge is 0.283 e. The van der Waals surface area contributed by atoms with Gasteiger partial charge in [0.1, 0.15) is 5.75 Å². The summed E-state index contributed by atoms with van der Waals surface area (Å²) in [5, 5.41) is 0.501. The normalized spacial score (nSPS) is 11.5. The number of fused-ring (bicyclic) bond motifs is 1.